The van der Waals surface area contributed by atoms with Crippen LogP contribution < -0.4 is 10.6 Å². The molecule has 1 heterocycles. The van der Waals surface area contributed by atoms with Crippen molar-refractivity contribution in [3.63, 3.8) is 0 Å². The van der Waals surface area contributed by atoms with E-state index in [1.807, 2.05) is 0 Å². The maximum Gasteiger partial charge on any atom is 0.390 e. The largest absolute Gasteiger partial charge is 0.390 e. The summed E-state index contributed by atoms with van der Waals surface area (Å²) in [5, 5.41) is 5.12. The van der Waals surface area contributed by atoms with Crippen molar-refractivity contribution in [3.8, 4) is 0 Å². The highest BCUT2D eigenvalue weighted by Gasteiger charge is 2.28. The molecule has 15 heavy (non-hydrogen) atoms. The van der Waals surface area contributed by atoms with Crippen molar-refractivity contribution in [1.29, 1.82) is 0 Å². The van der Waals surface area contributed by atoms with Gasteiger partial charge in [0.2, 0.25) is 5.91 Å². The van der Waals surface area contributed by atoms with Gasteiger partial charge in [-0.2, -0.15) is 13.2 Å². The van der Waals surface area contributed by atoms with E-state index in [0.29, 0.717) is 11.6 Å². The Bertz CT molecular complexity index is 209. The average Bonchev–Trinajstić information content (AvgIpc) is 2.53. The number of carbonyl (C=O) groups is 1. The fourth-order valence-electron chi connectivity index (χ4n) is 1.01. The summed E-state index contributed by atoms with van der Waals surface area (Å²) in [7, 11) is 0. The molecule has 0 aromatic carbocycles. The van der Waals surface area contributed by atoms with Gasteiger partial charge < -0.3 is 5.32 Å². The topological polar surface area (TPSA) is 41.1 Å². The molecule has 1 saturated heterocycles. The van der Waals surface area contributed by atoms with E-state index in [0.717, 1.165) is 0 Å². The standard InChI is InChI=1S/C7H11F3N2OS.ClH/c8-7(9,10)1-2-11-6(13)5-3-14-4-12-5;/h5,12H,1-4H2,(H,11,13);1H/t5-;/m1./s1. The van der Waals surface area contributed by atoms with Crippen LogP contribution in [0.3, 0.4) is 0 Å². The van der Waals surface area contributed by atoms with Gasteiger partial charge in [0, 0.05) is 18.2 Å². The number of hydrogen-bond acceptors (Lipinski definition) is 3. The van der Waals surface area contributed by atoms with Gasteiger partial charge in [0.25, 0.3) is 0 Å². The van der Waals surface area contributed by atoms with Crippen LogP contribution in [0.1, 0.15) is 6.42 Å². The number of carbonyl (C=O) groups excluding carboxylic acids is 1. The Morgan fingerprint density at radius 3 is 2.67 bits per heavy atom. The van der Waals surface area contributed by atoms with Crippen LogP contribution >= 0.6 is 24.2 Å². The van der Waals surface area contributed by atoms with Gasteiger partial charge in [-0.3, -0.25) is 10.1 Å². The number of rotatable bonds is 3. The van der Waals surface area contributed by atoms with Gasteiger partial charge in [0.15, 0.2) is 0 Å². The smallest absolute Gasteiger partial charge is 0.354 e. The summed E-state index contributed by atoms with van der Waals surface area (Å²) < 4.78 is 35.1. The van der Waals surface area contributed by atoms with E-state index in [4.69, 9.17) is 0 Å². The predicted molar refractivity (Wildman–Crippen MR) is 55.2 cm³/mol. The van der Waals surface area contributed by atoms with Gasteiger partial charge in [0.05, 0.1) is 12.5 Å². The lowest BCUT2D eigenvalue weighted by Gasteiger charge is -2.11. The van der Waals surface area contributed by atoms with E-state index < -0.39 is 12.6 Å². The van der Waals surface area contributed by atoms with E-state index in [2.05, 4.69) is 10.6 Å². The second-order valence-electron chi connectivity index (χ2n) is 2.93. The Kier molecular flexibility index (Phi) is 6.38. The molecule has 1 atom stereocenters. The maximum absolute atomic E-state index is 11.7. The van der Waals surface area contributed by atoms with Gasteiger partial charge >= 0.3 is 6.18 Å². The van der Waals surface area contributed by atoms with Crippen molar-refractivity contribution in [2.45, 2.75) is 18.6 Å². The third-order valence-corrected chi connectivity index (χ3v) is 2.68. The van der Waals surface area contributed by atoms with E-state index in [1.54, 1.807) is 11.8 Å². The molecule has 0 aromatic heterocycles. The van der Waals surface area contributed by atoms with Gasteiger partial charge in [0.1, 0.15) is 0 Å². The average molecular weight is 265 g/mol. The van der Waals surface area contributed by atoms with E-state index >= 15 is 0 Å². The lowest BCUT2D eigenvalue weighted by atomic mass is 10.3. The molecular weight excluding hydrogens is 253 g/mol. The Hall–Kier alpha value is -0.140. The predicted octanol–water partition coefficient (Wildman–Crippen LogP) is 1.14. The monoisotopic (exact) mass is 264 g/mol. The number of halogens is 4. The minimum Gasteiger partial charge on any atom is -0.354 e. The zero-order valence-corrected chi connectivity index (χ0v) is 9.40. The van der Waals surface area contributed by atoms with Crippen LogP contribution in [0.2, 0.25) is 0 Å². The van der Waals surface area contributed by atoms with Gasteiger partial charge in [-0.1, -0.05) is 0 Å². The molecule has 0 bridgehead atoms. The first-order valence-corrected chi connectivity index (χ1v) is 5.30. The molecule has 3 nitrogen and oxygen atoms in total. The fraction of sp³-hybridized carbons (Fsp3) is 0.857. The maximum atomic E-state index is 11.7. The molecule has 0 unspecified atom stereocenters. The van der Waals surface area contributed by atoms with Crippen LogP contribution in [-0.4, -0.2) is 36.3 Å². The summed E-state index contributed by atoms with van der Waals surface area (Å²) in [6.07, 6.45) is -5.18. The number of alkyl halides is 3. The molecule has 1 rings (SSSR count). The van der Waals surface area contributed by atoms with Crippen LogP contribution in [-0.2, 0) is 4.79 Å². The van der Waals surface area contributed by atoms with Gasteiger partial charge in [-0.25, -0.2) is 0 Å². The number of amides is 1. The van der Waals surface area contributed by atoms with Crippen molar-refractivity contribution in [3.05, 3.63) is 0 Å². The Balaban J connectivity index is 0.00000196. The van der Waals surface area contributed by atoms with Crippen LogP contribution in [0.15, 0.2) is 0 Å². The second-order valence-corrected chi connectivity index (χ2v) is 3.96. The molecule has 1 aliphatic rings. The molecule has 8 heteroatoms. The molecular formula is C7H12ClF3N2OS. The van der Waals surface area contributed by atoms with Gasteiger partial charge in [-0.05, 0) is 0 Å². The van der Waals surface area contributed by atoms with Crippen LogP contribution in [0.25, 0.3) is 0 Å². The molecule has 1 fully saturated rings. The molecule has 1 aliphatic heterocycles. The lowest BCUT2D eigenvalue weighted by molar-refractivity contribution is -0.135. The minimum atomic E-state index is -4.20. The Morgan fingerprint density at radius 2 is 2.20 bits per heavy atom. The normalized spacial score (nSPS) is 20.9. The van der Waals surface area contributed by atoms with E-state index in [1.165, 1.54) is 0 Å². The first-order valence-electron chi connectivity index (χ1n) is 4.14. The Morgan fingerprint density at radius 1 is 1.53 bits per heavy atom. The molecule has 2 N–H and O–H groups in total. The van der Waals surface area contributed by atoms with Crippen molar-refractivity contribution in [2.24, 2.45) is 0 Å². The van der Waals surface area contributed by atoms with Gasteiger partial charge in [-0.15, -0.1) is 24.2 Å². The second kappa shape index (κ2) is 6.44. The SMILES string of the molecule is Cl.O=C(NCCC(F)(F)F)[C@H]1CSCN1. The van der Waals surface area contributed by atoms with Crippen LogP contribution in [0, 0.1) is 0 Å². The third kappa shape index (κ3) is 6.11. The molecule has 0 aromatic rings. The molecule has 90 valence electrons. The molecule has 1 amide bonds. The zero-order chi connectivity index (χ0) is 10.6. The van der Waals surface area contributed by atoms with E-state index in [-0.39, 0.29) is 30.9 Å². The van der Waals surface area contributed by atoms with Crippen molar-refractivity contribution in [2.75, 3.05) is 18.2 Å². The first-order chi connectivity index (χ1) is 6.49. The van der Waals surface area contributed by atoms with E-state index in [9.17, 15) is 18.0 Å². The fourth-order valence-corrected chi connectivity index (χ4v) is 1.96. The summed E-state index contributed by atoms with van der Waals surface area (Å²) >= 11 is 1.56. The minimum absolute atomic E-state index is 0. The lowest BCUT2D eigenvalue weighted by Crippen LogP contribution is -2.42. The quantitative estimate of drug-likeness (QED) is 0.803. The molecule has 0 spiro atoms. The van der Waals surface area contributed by atoms with Crippen molar-refractivity contribution < 1.29 is 18.0 Å². The number of thioether (sulfide) groups is 1. The highest BCUT2D eigenvalue weighted by atomic mass is 35.5. The molecule has 0 aliphatic carbocycles. The zero-order valence-electron chi connectivity index (χ0n) is 7.76. The Labute approximate surface area is 96.0 Å². The van der Waals surface area contributed by atoms with Crippen LogP contribution in [0.5, 0.6) is 0 Å². The summed E-state index contributed by atoms with van der Waals surface area (Å²) in [6, 6.07) is -0.340. The first kappa shape index (κ1) is 14.9. The highest BCUT2D eigenvalue weighted by Crippen LogP contribution is 2.18. The third-order valence-electron chi connectivity index (χ3n) is 1.74. The molecule has 0 radical (unpaired) electrons. The number of hydrogen-bond donors (Lipinski definition) is 2. The molecule has 0 saturated carbocycles. The summed E-state index contributed by atoms with van der Waals surface area (Å²) in [4.78, 5) is 11.2. The summed E-state index contributed by atoms with van der Waals surface area (Å²) in [5.74, 6) is 0.953. The highest BCUT2D eigenvalue weighted by molar-refractivity contribution is 7.99. The summed E-state index contributed by atoms with van der Waals surface area (Å²) in [5.41, 5.74) is 0. The van der Waals surface area contributed by atoms with Crippen molar-refractivity contribution in [1.82, 2.24) is 10.6 Å². The summed E-state index contributed by atoms with van der Waals surface area (Å²) in [6.45, 7) is -0.342. The van der Waals surface area contributed by atoms with Crippen molar-refractivity contribution >= 4 is 30.1 Å². The number of nitrogens with one attached hydrogen (secondary N) is 2. The van der Waals surface area contributed by atoms with Crippen LogP contribution in [0.4, 0.5) is 13.2 Å².